The summed E-state index contributed by atoms with van der Waals surface area (Å²) in [7, 11) is -3.50. The normalized spacial score (nSPS) is 14.1. The lowest BCUT2D eigenvalue weighted by Gasteiger charge is -2.04. The van der Waals surface area contributed by atoms with Gasteiger partial charge >= 0.3 is 0 Å². The molecule has 0 saturated carbocycles. The molecule has 0 unspecified atom stereocenters. The Morgan fingerprint density at radius 3 is 2.88 bits per heavy atom. The van der Waals surface area contributed by atoms with Crippen LogP contribution in [0.4, 0.5) is 5.69 Å². The highest BCUT2D eigenvalue weighted by Gasteiger charge is 2.15. The van der Waals surface area contributed by atoms with Crippen LogP contribution in [-0.4, -0.2) is 27.1 Å². The zero-order valence-electron chi connectivity index (χ0n) is 8.78. The third kappa shape index (κ3) is 2.33. The lowest BCUT2D eigenvalue weighted by molar-refractivity contribution is 0.0981. The first kappa shape index (κ1) is 10.9. The Hall–Kier alpha value is -1.56. The molecule has 0 aliphatic carbocycles. The lowest BCUT2D eigenvalue weighted by atomic mass is 10.1. The highest BCUT2D eigenvalue weighted by atomic mass is 32.2. The smallest absolute Gasteiger partial charge is 0.264 e. The fourth-order valence-electron chi connectivity index (χ4n) is 1.67. The molecule has 0 saturated heterocycles. The van der Waals surface area contributed by atoms with Gasteiger partial charge in [0.2, 0.25) is 10.0 Å². The van der Waals surface area contributed by atoms with Crippen molar-refractivity contribution in [2.24, 2.45) is 0 Å². The number of rotatable bonds is 2. The zero-order valence-corrected chi connectivity index (χ0v) is 9.60. The van der Waals surface area contributed by atoms with Gasteiger partial charge in [0.15, 0.2) is 0 Å². The van der Waals surface area contributed by atoms with E-state index in [2.05, 4.69) is 5.32 Å². The molecule has 0 aromatic heterocycles. The van der Waals surface area contributed by atoms with E-state index in [0.717, 1.165) is 30.5 Å². The second kappa shape index (κ2) is 3.79. The predicted molar refractivity (Wildman–Crippen MR) is 60.9 cm³/mol. The highest BCUT2D eigenvalue weighted by Crippen LogP contribution is 2.22. The summed E-state index contributed by atoms with van der Waals surface area (Å²) in [5.41, 5.74) is 2.42. The summed E-state index contributed by atoms with van der Waals surface area (Å²) < 4.78 is 23.7. The summed E-state index contributed by atoms with van der Waals surface area (Å²) in [5.74, 6) is -0.586. The molecule has 16 heavy (non-hydrogen) atoms. The molecule has 0 fully saturated rings. The van der Waals surface area contributed by atoms with Gasteiger partial charge in [-0.05, 0) is 30.2 Å². The average molecular weight is 240 g/mol. The van der Waals surface area contributed by atoms with Gasteiger partial charge in [0.25, 0.3) is 5.91 Å². The maximum absolute atomic E-state index is 11.5. The largest absolute Gasteiger partial charge is 0.384 e. The van der Waals surface area contributed by atoms with Crippen molar-refractivity contribution in [2.75, 3.05) is 18.1 Å². The molecule has 1 aromatic carbocycles. The first-order valence-electron chi connectivity index (χ1n) is 4.84. The highest BCUT2D eigenvalue weighted by molar-refractivity contribution is 7.89. The Balaban J connectivity index is 2.25. The van der Waals surface area contributed by atoms with Crippen LogP contribution in [0.2, 0.25) is 0 Å². The number of benzene rings is 1. The molecular formula is C10H12N2O3S. The number of carbonyl (C=O) groups excluding carboxylic acids is 1. The Bertz CT molecular complexity index is 537. The van der Waals surface area contributed by atoms with Crippen LogP contribution in [-0.2, 0) is 16.4 Å². The number of nitrogens with one attached hydrogen (secondary N) is 2. The van der Waals surface area contributed by atoms with E-state index in [0.29, 0.717) is 5.56 Å². The van der Waals surface area contributed by atoms with Crippen molar-refractivity contribution in [1.29, 1.82) is 0 Å². The zero-order chi connectivity index (χ0) is 11.8. The molecule has 0 spiro atoms. The molecule has 2 rings (SSSR count). The third-order valence-corrected chi connectivity index (χ3v) is 2.91. The number of hydrogen-bond acceptors (Lipinski definition) is 4. The van der Waals surface area contributed by atoms with Crippen LogP contribution in [0.15, 0.2) is 18.2 Å². The maximum Gasteiger partial charge on any atom is 0.264 e. The molecule has 6 heteroatoms. The minimum atomic E-state index is -3.50. The van der Waals surface area contributed by atoms with Gasteiger partial charge in [-0.25, -0.2) is 13.1 Å². The molecule has 5 nitrogen and oxygen atoms in total. The van der Waals surface area contributed by atoms with E-state index < -0.39 is 15.9 Å². The first-order valence-corrected chi connectivity index (χ1v) is 6.74. The molecular weight excluding hydrogens is 228 g/mol. The standard InChI is InChI=1S/C10H12N2O3S/c1-16(14,15)12-10(13)8-2-3-9-7(6-8)4-5-11-9/h2-3,6,11H,4-5H2,1H3,(H,12,13). The Morgan fingerprint density at radius 2 is 2.19 bits per heavy atom. The van der Waals surface area contributed by atoms with Gasteiger partial charge in [-0.2, -0.15) is 0 Å². The van der Waals surface area contributed by atoms with E-state index in [1.165, 1.54) is 0 Å². The number of amides is 1. The number of hydrogen-bond donors (Lipinski definition) is 2. The first-order chi connectivity index (χ1) is 7.46. The summed E-state index contributed by atoms with van der Waals surface area (Å²) in [6.45, 7) is 0.854. The van der Waals surface area contributed by atoms with Gasteiger partial charge in [0, 0.05) is 17.8 Å². The maximum atomic E-state index is 11.5. The molecule has 1 amide bonds. The predicted octanol–water partition coefficient (Wildman–Crippen LogP) is 0.344. The number of sulfonamides is 1. The van der Waals surface area contributed by atoms with E-state index in [-0.39, 0.29) is 0 Å². The van der Waals surface area contributed by atoms with E-state index in [4.69, 9.17) is 0 Å². The molecule has 0 atom stereocenters. The molecule has 1 aliphatic heterocycles. The van der Waals surface area contributed by atoms with Crippen LogP contribution >= 0.6 is 0 Å². The van der Waals surface area contributed by atoms with Crippen molar-refractivity contribution in [3.63, 3.8) is 0 Å². The van der Waals surface area contributed by atoms with E-state index in [1.54, 1.807) is 18.2 Å². The molecule has 0 radical (unpaired) electrons. The van der Waals surface area contributed by atoms with Crippen molar-refractivity contribution < 1.29 is 13.2 Å². The van der Waals surface area contributed by atoms with Gasteiger partial charge in [-0.3, -0.25) is 4.79 Å². The van der Waals surface area contributed by atoms with Crippen LogP contribution in [0.5, 0.6) is 0 Å². The van der Waals surface area contributed by atoms with Gasteiger partial charge in [-0.1, -0.05) is 0 Å². The van der Waals surface area contributed by atoms with Crippen molar-refractivity contribution in [1.82, 2.24) is 4.72 Å². The second-order valence-electron chi connectivity index (χ2n) is 3.75. The molecule has 0 bridgehead atoms. The summed E-state index contributed by atoms with van der Waals surface area (Å²) in [5, 5.41) is 3.16. The van der Waals surface area contributed by atoms with Gasteiger partial charge in [0.05, 0.1) is 6.26 Å². The SMILES string of the molecule is CS(=O)(=O)NC(=O)c1ccc2c(c1)CCN2. The quantitative estimate of drug-likeness (QED) is 0.782. The van der Waals surface area contributed by atoms with Gasteiger partial charge in [-0.15, -0.1) is 0 Å². The summed E-state index contributed by atoms with van der Waals surface area (Å²) in [4.78, 5) is 11.5. The number of anilines is 1. The Kier molecular flexibility index (Phi) is 2.59. The van der Waals surface area contributed by atoms with Gasteiger partial charge < -0.3 is 5.32 Å². The minimum absolute atomic E-state index is 0.368. The molecule has 1 heterocycles. The van der Waals surface area contributed by atoms with Crippen molar-refractivity contribution in [3.05, 3.63) is 29.3 Å². The topological polar surface area (TPSA) is 75.3 Å². The number of fused-ring (bicyclic) bond motifs is 1. The van der Waals surface area contributed by atoms with Gasteiger partial charge in [0.1, 0.15) is 0 Å². The van der Waals surface area contributed by atoms with E-state index >= 15 is 0 Å². The molecule has 2 N–H and O–H groups in total. The fourth-order valence-corrected chi connectivity index (χ4v) is 2.13. The fraction of sp³-hybridized carbons (Fsp3) is 0.300. The van der Waals surface area contributed by atoms with E-state index in [1.807, 2.05) is 4.72 Å². The van der Waals surface area contributed by atoms with Crippen LogP contribution in [0.1, 0.15) is 15.9 Å². The average Bonchev–Trinajstić information content (AvgIpc) is 2.61. The monoisotopic (exact) mass is 240 g/mol. The third-order valence-electron chi connectivity index (χ3n) is 2.36. The summed E-state index contributed by atoms with van der Waals surface area (Å²) in [6, 6.07) is 5.12. The van der Waals surface area contributed by atoms with Crippen LogP contribution in [0.25, 0.3) is 0 Å². The Morgan fingerprint density at radius 1 is 1.44 bits per heavy atom. The minimum Gasteiger partial charge on any atom is -0.384 e. The summed E-state index contributed by atoms with van der Waals surface area (Å²) in [6.07, 6.45) is 1.81. The Labute approximate surface area is 93.9 Å². The molecule has 1 aliphatic rings. The van der Waals surface area contributed by atoms with Crippen LogP contribution < -0.4 is 10.0 Å². The van der Waals surface area contributed by atoms with Crippen molar-refractivity contribution in [3.8, 4) is 0 Å². The lowest BCUT2D eigenvalue weighted by Crippen LogP contribution is -2.29. The van der Waals surface area contributed by atoms with Crippen molar-refractivity contribution in [2.45, 2.75) is 6.42 Å². The molecule has 1 aromatic rings. The second-order valence-corrected chi connectivity index (χ2v) is 5.50. The molecule has 86 valence electrons. The summed E-state index contributed by atoms with van der Waals surface area (Å²) >= 11 is 0. The van der Waals surface area contributed by atoms with Crippen LogP contribution in [0.3, 0.4) is 0 Å². The number of carbonyl (C=O) groups is 1. The van der Waals surface area contributed by atoms with Crippen LogP contribution in [0, 0.1) is 0 Å². The van der Waals surface area contributed by atoms with Crippen molar-refractivity contribution >= 4 is 21.6 Å². The van der Waals surface area contributed by atoms with E-state index in [9.17, 15) is 13.2 Å².